The van der Waals surface area contributed by atoms with E-state index in [2.05, 4.69) is 0 Å². The van der Waals surface area contributed by atoms with Crippen molar-refractivity contribution in [1.29, 1.82) is 0 Å². The Bertz CT molecular complexity index is 106. The Morgan fingerprint density at radius 2 is 2.00 bits per heavy atom. The van der Waals surface area contributed by atoms with Crippen LogP contribution in [-0.4, -0.2) is 30.9 Å². The van der Waals surface area contributed by atoms with E-state index in [0.717, 1.165) is 0 Å². The molecule has 0 bridgehead atoms. The molecule has 0 aromatic rings. The molecular formula is C6H15ClN2O. The third kappa shape index (κ3) is 3.69. The lowest BCUT2D eigenvalue weighted by atomic mass is 10.2. The summed E-state index contributed by atoms with van der Waals surface area (Å²) in [4.78, 5) is 12.4. The van der Waals surface area contributed by atoms with Crippen LogP contribution in [-0.2, 0) is 4.79 Å². The Labute approximate surface area is 68.0 Å². The third-order valence-corrected chi connectivity index (χ3v) is 1.20. The van der Waals surface area contributed by atoms with Crippen molar-refractivity contribution in [2.24, 2.45) is 5.73 Å². The molecular weight excluding hydrogens is 152 g/mol. The first kappa shape index (κ1) is 12.4. The quantitative estimate of drug-likeness (QED) is 0.639. The lowest BCUT2D eigenvalue weighted by Crippen LogP contribution is -2.39. The number of amides is 1. The van der Waals surface area contributed by atoms with Crippen molar-refractivity contribution in [1.82, 2.24) is 4.90 Å². The van der Waals surface area contributed by atoms with Crippen LogP contribution in [0.3, 0.4) is 0 Å². The first-order valence-corrected chi connectivity index (χ1v) is 3.06. The SMILES string of the molecule is CC[C@@H](N)C(=O)N(C)C.Cl. The van der Waals surface area contributed by atoms with Crippen molar-refractivity contribution in [2.45, 2.75) is 19.4 Å². The molecule has 0 radical (unpaired) electrons. The summed E-state index contributed by atoms with van der Waals surface area (Å²) in [6.45, 7) is 1.89. The molecule has 3 nitrogen and oxygen atoms in total. The van der Waals surface area contributed by atoms with Crippen molar-refractivity contribution >= 4 is 18.3 Å². The van der Waals surface area contributed by atoms with Gasteiger partial charge in [-0.3, -0.25) is 4.79 Å². The number of nitrogens with two attached hydrogens (primary N) is 1. The van der Waals surface area contributed by atoms with Gasteiger partial charge in [-0.1, -0.05) is 6.92 Å². The summed E-state index contributed by atoms with van der Waals surface area (Å²) in [5, 5.41) is 0. The van der Waals surface area contributed by atoms with Crippen LogP contribution in [0, 0.1) is 0 Å². The second-order valence-electron chi connectivity index (χ2n) is 2.25. The van der Waals surface area contributed by atoms with E-state index in [1.807, 2.05) is 6.92 Å². The summed E-state index contributed by atoms with van der Waals surface area (Å²) >= 11 is 0. The third-order valence-electron chi connectivity index (χ3n) is 1.20. The van der Waals surface area contributed by atoms with Crippen LogP contribution in [0.5, 0.6) is 0 Å². The number of halogens is 1. The minimum Gasteiger partial charge on any atom is -0.347 e. The minimum atomic E-state index is -0.319. The number of hydrogen-bond acceptors (Lipinski definition) is 2. The van der Waals surface area contributed by atoms with Crippen LogP contribution >= 0.6 is 12.4 Å². The van der Waals surface area contributed by atoms with E-state index < -0.39 is 0 Å². The predicted octanol–water partition coefficient (Wildman–Crippen LogP) is 0.234. The molecule has 62 valence electrons. The number of carbonyl (C=O) groups excluding carboxylic acids is 1. The maximum atomic E-state index is 10.9. The molecule has 0 aliphatic heterocycles. The highest BCUT2D eigenvalue weighted by Gasteiger charge is 2.11. The lowest BCUT2D eigenvalue weighted by molar-refractivity contribution is -0.130. The van der Waals surface area contributed by atoms with E-state index in [-0.39, 0.29) is 24.4 Å². The molecule has 0 heterocycles. The van der Waals surface area contributed by atoms with Gasteiger partial charge in [0, 0.05) is 14.1 Å². The first-order chi connectivity index (χ1) is 4.09. The van der Waals surface area contributed by atoms with Gasteiger partial charge in [-0.05, 0) is 6.42 Å². The normalized spacial score (nSPS) is 11.6. The number of carbonyl (C=O) groups is 1. The zero-order chi connectivity index (χ0) is 7.44. The van der Waals surface area contributed by atoms with Gasteiger partial charge in [0.1, 0.15) is 0 Å². The van der Waals surface area contributed by atoms with Crippen LogP contribution in [0.1, 0.15) is 13.3 Å². The van der Waals surface area contributed by atoms with Crippen molar-refractivity contribution in [3.8, 4) is 0 Å². The van der Waals surface area contributed by atoms with Gasteiger partial charge in [0.25, 0.3) is 0 Å². The van der Waals surface area contributed by atoms with Crippen LogP contribution < -0.4 is 5.73 Å². The van der Waals surface area contributed by atoms with E-state index in [4.69, 9.17) is 5.73 Å². The van der Waals surface area contributed by atoms with E-state index in [1.165, 1.54) is 4.90 Å². The molecule has 0 aromatic carbocycles. The molecule has 0 aromatic heterocycles. The fourth-order valence-corrected chi connectivity index (χ4v) is 0.506. The molecule has 0 spiro atoms. The lowest BCUT2D eigenvalue weighted by Gasteiger charge is -2.14. The molecule has 2 N–H and O–H groups in total. The fraction of sp³-hybridized carbons (Fsp3) is 0.833. The number of rotatable bonds is 2. The summed E-state index contributed by atoms with van der Waals surface area (Å²) in [5.74, 6) is -0.00231. The van der Waals surface area contributed by atoms with Crippen LogP contribution in [0.25, 0.3) is 0 Å². The van der Waals surface area contributed by atoms with Gasteiger partial charge >= 0.3 is 0 Å². The maximum Gasteiger partial charge on any atom is 0.238 e. The van der Waals surface area contributed by atoms with E-state index in [1.54, 1.807) is 14.1 Å². The van der Waals surface area contributed by atoms with Crippen molar-refractivity contribution in [3.63, 3.8) is 0 Å². The first-order valence-electron chi connectivity index (χ1n) is 3.06. The highest BCUT2D eigenvalue weighted by Crippen LogP contribution is 1.89. The van der Waals surface area contributed by atoms with E-state index >= 15 is 0 Å². The van der Waals surface area contributed by atoms with Crippen molar-refractivity contribution in [3.05, 3.63) is 0 Å². The van der Waals surface area contributed by atoms with Gasteiger partial charge < -0.3 is 10.6 Å². The Morgan fingerprint density at radius 3 is 2.10 bits per heavy atom. The molecule has 0 saturated heterocycles. The average molecular weight is 167 g/mol. The smallest absolute Gasteiger partial charge is 0.238 e. The second-order valence-corrected chi connectivity index (χ2v) is 2.25. The molecule has 1 amide bonds. The van der Waals surface area contributed by atoms with Gasteiger partial charge in [0.15, 0.2) is 0 Å². The predicted molar refractivity (Wildman–Crippen MR) is 44.2 cm³/mol. The molecule has 0 fully saturated rings. The Balaban J connectivity index is 0. The van der Waals surface area contributed by atoms with Gasteiger partial charge in [-0.2, -0.15) is 0 Å². The van der Waals surface area contributed by atoms with Gasteiger partial charge in [-0.15, -0.1) is 12.4 Å². The number of likely N-dealkylation sites (N-methyl/N-ethyl adjacent to an activating group) is 1. The van der Waals surface area contributed by atoms with Crippen LogP contribution in [0.4, 0.5) is 0 Å². The Hall–Kier alpha value is -0.280. The monoisotopic (exact) mass is 166 g/mol. The maximum absolute atomic E-state index is 10.9. The highest BCUT2D eigenvalue weighted by molar-refractivity contribution is 5.85. The van der Waals surface area contributed by atoms with Crippen molar-refractivity contribution < 1.29 is 4.79 Å². The van der Waals surface area contributed by atoms with Crippen LogP contribution in [0.15, 0.2) is 0 Å². The Kier molecular flexibility index (Phi) is 6.82. The number of hydrogen-bond donors (Lipinski definition) is 1. The standard InChI is InChI=1S/C6H14N2O.ClH/c1-4-5(7)6(9)8(2)3;/h5H,4,7H2,1-3H3;1H/t5-;/m1./s1. The summed E-state index contributed by atoms with van der Waals surface area (Å²) in [5.41, 5.74) is 5.43. The molecule has 4 heteroatoms. The minimum absolute atomic E-state index is 0. The van der Waals surface area contributed by atoms with E-state index in [9.17, 15) is 4.79 Å². The summed E-state index contributed by atoms with van der Waals surface area (Å²) in [6, 6.07) is -0.319. The molecule has 0 aliphatic rings. The van der Waals surface area contributed by atoms with Crippen LogP contribution in [0.2, 0.25) is 0 Å². The summed E-state index contributed by atoms with van der Waals surface area (Å²) in [6.07, 6.45) is 0.705. The molecule has 1 atom stereocenters. The molecule has 10 heavy (non-hydrogen) atoms. The molecule has 0 saturated carbocycles. The van der Waals surface area contributed by atoms with E-state index in [0.29, 0.717) is 6.42 Å². The number of nitrogens with zero attached hydrogens (tertiary/aromatic N) is 1. The molecule has 0 aliphatic carbocycles. The second kappa shape index (κ2) is 5.50. The summed E-state index contributed by atoms with van der Waals surface area (Å²) < 4.78 is 0. The molecule has 0 rings (SSSR count). The van der Waals surface area contributed by atoms with Crippen molar-refractivity contribution in [2.75, 3.05) is 14.1 Å². The zero-order valence-electron chi connectivity index (χ0n) is 6.63. The Morgan fingerprint density at radius 1 is 1.60 bits per heavy atom. The topological polar surface area (TPSA) is 46.3 Å². The highest BCUT2D eigenvalue weighted by atomic mass is 35.5. The average Bonchev–Trinajstić information content (AvgIpc) is 1.84. The summed E-state index contributed by atoms with van der Waals surface area (Å²) in [7, 11) is 3.41. The largest absolute Gasteiger partial charge is 0.347 e. The fourth-order valence-electron chi connectivity index (χ4n) is 0.506. The van der Waals surface area contributed by atoms with Gasteiger partial charge in [0.05, 0.1) is 6.04 Å². The zero-order valence-corrected chi connectivity index (χ0v) is 7.44. The van der Waals surface area contributed by atoms with Gasteiger partial charge in [-0.25, -0.2) is 0 Å². The van der Waals surface area contributed by atoms with Gasteiger partial charge in [0.2, 0.25) is 5.91 Å². The molecule has 0 unspecified atom stereocenters.